The highest BCUT2D eigenvalue weighted by molar-refractivity contribution is 5.88. The second-order valence-corrected chi connectivity index (χ2v) is 5.25. The normalized spacial score (nSPS) is 11.1. The molecular formula is C16H14N2O5. The second-order valence-electron chi connectivity index (χ2n) is 5.25. The zero-order chi connectivity index (χ0) is 16.4. The van der Waals surface area contributed by atoms with Crippen LogP contribution in [0.5, 0.6) is 0 Å². The third-order valence-corrected chi connectivity index (χ3v) is 3.16. The van der Waals surface area contributed by atoms with Crippen LogP contribution in [0.3, 0.4) is 0 Å². The Bertz CT molecular complexity index is 910. The van der Waals surface area contributed by atoms with Crippen molar-refractivity contribution >= 4 is 16.9 Å². The number of esters is 1. The highest BCUT2D eigenvalue weighted by atomic mass is 16.6. The topological polar surface area (TPSA) is 95.4 Å². The van der Waals surface area contributed by atoms with Gasteiger partial charge in [-0.3, -0.25) is 4.79 Å². The summed E-state index contributed by atoms with van der Waals surface area (Å²) in [7, 11) is 0. The highest BCUT2D eigenvalue weighted by Gasteiger charge is 2.16. The number of ether oxygens (including phenoxy) is 1. The Balaban J connectivity index is 1.76. The Morgan fingerprint density at radius 1 is 1.30 bits per heavy atom. The predicted molar refractivity (Wildman–Crippen MR) is 80.0 cm³/mol. The number of para-hydroxylation sites is 1. The summed E-state index contributed by atoms with van der Waals surface area (Å²) < 4.78 is 15.4. The number of carbonyl (C=O) groups is 1. The van der Waals surface area contributed by atoms with Crippen molar-refractivity contribution < 1.29 is 18.5 Å². The minimum absolute atomic E-state index is 0.113. The van der Waals surface area contributed by atoms with E-state index in [0.717, 1.165) is 6.07 Å². The van der Waals surface area contributed by atoms with Crippen LogP contribution in [0.2, 0.25) is 0 Å². The van der Waals surface area contributed by atoms with Gasteiger partial charge in [0.1, 0.15) is 5.58 Å². The van der Waals surface area contributed by atoms with Crippen LogP contribution in [-0.4, -0.2) is 16.1 Å². The van der Waals surface area contributed by atoms with Crippen molar-refractivity contribution in [2.75, 3.05) is 0 Å². The van der Waals surface area contributed by atoms with Crippen LogP contribution >= 0.6 is 0 Å². The van der Waals surface area contributed by atoms with E-state index < -0.39 is 5.97 Å². The van der Waals surface area contributed by atoms with Crippen molar-refractivity contribution in [1.29, 1.82) is 0 Å². The van der Waals surface area contributed by atoms with Gasteiger partial charge in [-0.15, -0.1) is 0 Å². The number of carbonyl (C=O) groups excluding carboxylic acids is 1. The molecule has 0 saturated carbocycles. The van der Waals surface area contributed by atoms with Crippen LogP contribution in [0.15, 0.2) is 44.1 Å². The monoisotopic (exact) mass is 314 g/mol. The molecule has 118 valence electrons. The summed E-state index contributed by atoms with van der Waals surface area (Å²) in [5, 5.41) is 4.18. The Labute approximate surface area is 130 Å². The molecule has 3 rings (SSSR count). The molecule has 23 heavy (non-hydrogen) atoms. The van der Waals surface area contributed by atoms with Gasteiger partial charge in [-0.2, -0.15) is 4.98 Å². The van der Waals surface area contributed by atoms with Crippen molar-refractivity contribution in [1.82, 2.24) is 10.1 Å². The number of benzene rings is 1. The maximum Gasteiger partial charge on any atom is 0.374 e. The van der Waals surface area contributed by atoms with E-state index in [1.54, 1.807) is 24.3 Å². The van der Waals surface area contributed by atoms with Crippen molar-refractivity contribution in [3.8, 4) is 0 Å². The molecule has 0 radical (unpaired) electrons. The van der Waals surface area contributed by atoms with Crippen molar-refractivity contribution in [3.05, 3.63) is 58.0 Å². The quantitative estimate of drug-likeness (QED) is 0.683. The lowest BCUT2D eigenvalue weighted by molar-refractivity contribution is 0.0394. The molecule has 0 aliphatic carbocycles. The van der Waals surface area contributed by atoms with E-state index >= 15 is 0 Å². The van der Waals surface area contributed by atoms with E-state index in [0.29, 0.717) is 16.8 Å². The summed E-state index contributed by atoms with van der Waals surface area (Å²) in [6, 6.07) is 7.78. The van der Waals surface area contributed by atoms with E-state index in [1.807, 2.05) is 13.8 Å². The first kappa shape index (κ1) is 15.0. The molecule has 0 saturated heterocycles. The number of rotatable bonds is 4. The second kappa shape index (κ2) is 6.04. The zero-order valence-electron chi connectivity index (χ0n) is 12.6. The van der Waals surface area contributed by atoms with Crippen molar-refractivity contribution in [2.24, 2.45) is 0 Å². The Hall–Kier alpha value is -2.96. The van der Waals surface area contributed by atoms with Gasteiger partial charge in [0.25, 0.3) is 5.89 Å². The molecule has 0 N–H and O–H groups in total. The number of nitrogens with zero attached hydrogens (tertiary/aromatic N) is 2. The zero-order valence-corrected chi connectivity index (χ0v) is 12.6. The maximum absolute atomic E-state index is 12.0. The molecule has 0 aliphatic heterocycles. The van der Waals surface area contributed by atoms with Crippen LogP contribution in [0.25, 0.3) is 11.0 Å². The molecule has 7 heteroatoms. The number of fused-ring (bicyclic) bond motifs is 1. The molecule has 0 atom stereocenters. The Kier molecular flexibility index (Phi) is 3.92. The first-order valence-electron chi connectivity index (χ1n) is 7.07. The lowest BCUT2D eigenvalue weighted by Gasteiger charge is -2.02. The summed E-state index contributed by atoms with van der Waals surface area (Å²) in [6.45, 7) is 3.66. The molecule has 2 aromatic heterocycles. The lowest BCUT2D eigenvalue weighted by Crippen LogP contribution is -2.10. The van der Waals surface area contributed by atoms with Crippen LogP contribution in [0.4, 0.5) is 0 Å². The molecule has 0 amide bonds. The molecule has 0 fully saturated rings. The largest absolute Gasteiger partial charge is 0.450 e. The minimum Gasteiger partial charge on any atom is -0.450 e. The third-order valence-electron chi connectivity index (χ3n) is 3.16. The predicted octanol–water partition coefficient (Wildman–Crippen LogP) is 2.66. The summed E-state index contributed by atoms with van der Waals surface area (Å²) in [6.07, 6.45) is 0. The molecule has 0 bridgehead atoms. The molecule has 7 nitrogen and oxygen atoms in total. The minimum atomic E-state index is -0.767. The fraction of sp³-hybridized carbons (Fsp3) is 0.250. The average Bonchev–Trinajstić information content (AvgIpc) is 3.02. The van der Waals surface area contributed by atoms with E-state index in [2.05, 4.69) is 10.1 Å². The van der Waals surface area contributed by atoms with Gasteiger partial charge in [0.2, 0.25) is 5.76 Å². The summed E-state index contributed by atoms with van der Waals surface area (Å²) in [5.41, 5.74) is 0.0190. The molecule has 0 spiro atoms. The van der Waals surface area contributed by atoms with E-state index in [-0.39, 0.29) is 29.6 Å². The Morgan fingerprint density at radius 2 is 2.09 bits per heavy atom. The number of aromatic nitrogens is 2. The molecule has 0 unspecified atom stereocenters. The van der Waals surface area contributed by atoms with Gasteiger partial charge in [-0.05, 0) is 12.1 Å². The van der Waals surface area contributed by atoms with Crippen LogP contribution < -0.4 is 5.43 Å². The van der Waals surface area contributed by atoms with E-state index in [9.17, 15) is 9.59 Å². The van der Waals surface area contributed by atoms with Gasteiger partial charge in [0.15, 0.2) is 17.9 Å². The molecule has 3 aromatic rings. The summed E-state index contributed by atoms with van der Waals surface area (Å²) in [4.78, 5) is 28.1. The molecular weight excluding hydrogens is 300 g/mol. The van der Waals surface area contributed by atoms with E-state index in [4.69, 9.17) is 13.7 Å². The average molecular weight is 314 g/mol. The van der Waals surface area contributed by atoms with Crippen LogP contribution in [-0.2, 0) is 11.3 Å². The Morgan fingerprint density at radius 3 is 2.83 bits per heavy atom. The summed E-state index contributed by atoms with van der Waals surface area (Å²) in [5.74, 6) is -0.102. The van der Waals surface area contributed by atoms with Gasteiger partial charge in [-0.25, -0.2) is 4.79 Å². The van der Waals surface area contributed by atoms with Gasteiger partial charge >= 0.3 is 5.97 Å². The SMILES string of the molecule is CC(C)c1noc(COC(=O)c2cc(=O)c3ccccc3o2)n1. The smallest absolute Gasteiger partial charge is 0.374 e. The number of hydrogen-bond acceptors (Lipinski definition) is 7. The lowest BCUT2D eigenvalue weighted by atomic mass is 10.2. The van der Waals surface area contributed by atoms with Crippen molar-refractivity contribution in [3.63, 3.8) is 0 Å². The standard InChI is InChI=1S/C16H14N2O5/c1-9(2)15-17-14(23-18-15)8-21-16(20)13-7-11(19)10-5-3-4-6-12(10)22-13/h3-7,9H,8H2,1-2H3. The molecule has 0 aliphatic rings. The first-order valence-corrected chi connectivity index (χ1v) is 7.07. The fourth-order valence-corrected chi connectivity index (χ4v) is 1.96. The molecule has 2 heterocycles. The number of hydrogen-bond donors (Lipinski definition) is 0. The fourth-order valence-electron chi connectivity index (χ4n) is 1.96. The molecule has 1 aromatic carbocycles. The van der Waals surface area contributed by atoms with Gasteiger partial charge in [0.05, 0.1) is 5.39 Å². The third kappa shape index (κ3) is 3.13. The van der Waals surface area contributed by atoms with Crippen molar-refractivity contribution in [2.45, 2.75) is 26.4 Å². The van der Waals surface area contributed by atoms with Crippen LogP contribution in [0.1, 0.15) is 42.0 Å². The summed E-state index contributed by atoms with van der Waals surface area (Å²) >= 11 is 0. The van der Waals surface area contributed by atoms with Gasteiger partial charge in [0, 0.05) is 12.0 Å². The van der Waals surface area contributed by atoms with E-state index in [1.165, 1.54) is 0 Å². The van der Waals surface area contributed by atoms with Crippen LogP contribution in [0, 0.1) is 0 Å². The first-order chi connectivity index (χ1) is 11.0. The maximum atomic E-state index is 12.0. The highest BCUT2D eigenvalue weighted by Crippen LogP contribution is 2.14. The van der Waals surface area contributed by atoms with Gasteiger partial charge in [-0.1, -0.05) is 31.1 Å². The van der Waals surface area contributed by atoms with Gasteiger partial charge < -0.3 is 13.7 Å².